The molecule has 0 aliphatic rings. The van der Waals surface area contributed by atoms with Crippen molar-refractivity contribution < 1.29 is 17.9 Å². The van der Waals surface area contributed by atoms with Crippen LogP contribution in [0.5, 0.6) is 11.5 Å². The number of nitrogens with zero attached hydrogens (tertiary/aromatic N) is 3. The molecule has 0 saturated carbocycles. The summed E-state index contributed by atoms with van der Waals surface area (Å²) < 4.78 is 43.9. The summed E-state index contributed by atoms with van der Waals surface area (Å²) in [7, 11) is 0. The first-order chi connectivity index (χ1) is 15.3. The Morgan fingerprint density at radius 3 is 2.31 bits per heavy atom. The van der Waals surface area contributed by atoms with Crippen molar-refractivity contribution in [2.45, 2.75) is 6.18 Å². The lowest BCUT2D eigenvalue weighted by Crippen LogP contribution is -2.07. The third-order valence-corrected chi connectivity index (χ3v) is 4.36. The maximum absolute atomic E-state index is 12.8. The van der Waals surface area contributed by atoms with E-state index in [0.717, 1.165) is 17.8 Å². The molecule has 5 N–H and O–H groups in total. The van der Waals surface area contributed by atoms with E-state index in [1.54, 1.807) is 36.4 Å². The van der Waals surface area contributed by atoms with Crippen LogP contribution in [0.15, 0.2) is 72.9 Å². The van der Waals surface area contributed by atoms with E-state index in [0.29, 0.717) is 28.6 Å². The number of ether oxygens (including phenoxy) is 1. The third-order valence-electron chi connectivity index (χ3n) is 4.36. The van der Waals surface area contributed by atoms with Crippen LogP contribution < -0.4 is 21.5 Å². The van der Waals surface area contributed by atoms with Gasteiger partial charge in [-0.3, -0.25) is 4.98 Å². The molecule has 32 heavy (non-hydrogen) atoms. The first-order valence-electron chi connectivity index (χ1n) is 9.35. The maximum Gasteiger partial charge on any atom is 0.433 e. The van der Waals surface area contributed by atoms with E-state index < -0.39 is 11.9 Å². The largest absolute Gasteiger partial charge is 0.457 e. The predicted molar refractivity (Wildman–Crippen MR) is 115 cm³/mol. The van der Waals surface area contributed by atoms with E-state index in [2.05, 4.69) is 20.3 Å². The van der Waals surface area contributed by atoms with Crippen molar-refractivity contribution in [2.24, 2.45) is 0 Å². The fourth-order valence-corrected chi connectivity index (χ4v) is 2.92. The van der Waals surface area contributed by atoms with Crippen LogP contribution in [-0.4, -0.2) is 15.0 Å². The molecule has 0 unspecified atom stereocenters. The van der Waals surface area contributed by atoms with Crippen LogP contribution in [0, 0.1) is 0 Å². The van der Waals surface area contributed by atoms with E-state index >= 15 is 0 Å². The Morgan fingerprint density at radius 2 is 1.59 bits per heavy atom. The second-order valence-electron chi connectivity index (χ2n) is 6.71. The molecule has 0 amide bonds. The van der Waals surface area contributed by atoms with Crippen molar-refractivity contribution in [2.75, 3.05) is 16.8 Å². The molecule has 0 fully saturated rings. The normalized spacial score (nSPS) is 11.2. The monoisotopic (exact) mass is 438 g/mol. The summed E-state index contributed by atoms with van der Waals surface area (Å²) in [5.41, 5.74) is 13.3. The van der Waals surface area contributed by atoms with E-state index in [-0.39, 0.29) is 11.7 Å². The molecular weight excluding hydrogens is 421 g/mol. The van der Waals surface area contributed by atoms with Gasteiger partial charge in [0.25, 0.3) is 0 Å². The number of pyridine rings is 1. The highest BCUT2D eigenvalue weighted by Gasteiger charge is 2.32. The van der Waals surface area contributed by atoms with Crippen molar-refractivity contribution in [3.05, 3.63) is 78.6 Å². The molecule has 0 aliphatic heterocycles. The smallest absolute Gasteiger partial charge is 0.433 e. The lowest BCUT2D eigenvalue weighted by atomic mass is 10.1. The fourth-order valence-electron chi connectivity index (χ4n) is 2.92. The predicted octanol–water partition coefficient (Wildman–Crippen LogP) is 5.26. The molecule has 4 rings (SSSR count). The van der Waals surface area contributed by atoms with Crippen molar-refractivity contribution in [3.63, 3.8) is 0 Å². The van der Waals surface area contributed by atoms with Crippen LogP contribution in [0.1, 0.15) is 5.69 Å². The molecular formula is C22H17F3N6O. The minimum Gasteiger partial charge on any atom is -0.457 e. The quantitative estimate of drug-likeness (QED) is 0.365. The zero-order valence-corrected chi connectivity index (χ0v) is 16.5. The Hall–Kier alpha value is -4.34. The van der Waals surface area contributed by atoms with Crippen molar-refractivity contribution >= 4 is 23.1 Å². The number of hydrogen-bond acceptors (Lipinski definition) is 7. The summed E-state index contributed by atoms with van der Waals surface area (Å²) in [5.74, 6) is 0.913. The lowest BCUT2D eigenvalue weighted by Gasteiger charge is -2.11. The number of halogens is 3. The molecule has 0 saturated heterocycles. The summed E-state index contributed by atoms with van der Waals surface area (Å²) in [5, 5.41) is 3.11. The van der Waals surface area contributed by atoms with Gasteiger partial charge in [-0.05, 0) is 36.4 Å². The number of para-hydroxylation sites is 1. The Kier molecular flexibility index (Phi) is 5.50. The Morgan fingerprint density at radius 1 is 0.844 bits per heavy atom. The van der Waals surface area contributed by atoms with E-state index in [1.165, 1.54) is 6.07 Å². The molecule has 10 heteroatoms. The standard InChI is InChI=1S/C22H17F3N6O/c23-22(24,25)19-11-15(9-10-28-19)32-14-7-5-13(6-8-14)29-20-12-18(30-21(27)31-20)16-3-1-2-4-17(16)26/h1-12H,26H2,(H3,27,29,30,31). The summed E-state index contributed by atoms with van der Waals surface area (Å²) in [6.45, 7) is 0. The second kappa shape index (κ2) is 8.42. The Labute approximate surface area is 180 Å². The van der Waals surface area contributed by atoms with Crippen molar-refractivity contribution in [1.29, 1.82) is 0 Å². The van der Waals surface area contributed by atoms with Crippen LogP contribution in [0.4, 0.5) is 36.3 Å². The summed E-state index contributed by atoms with van der Waals surface area (Å²) >= 11 is 0. The topological polar surface area (TPSA) is 112 Å². The molecule has 4 aromatic rings. The van der Waals surface area contributed by atoms with Gasteiger partial charge >= 0.3 is 6.18 Å². The van der Waals surface area contributed by atoms with E-state index in [1.807, 2.05) is 18.2 Å². The number of anilines is 4. The van der Waals surface area contributed by atoms with Gasteiger partial charge in [-0.1, -0.05) is 18.2 Å². The number of rotatable bonds is 5. The van der Waals surface area contributed by atoms with E-state index in [9.17, 15) is 13.2 Å². The summed E-state index contributed by atoms with van der Waals surface area (Å²) in [6.07, 6.45) is -3.50. The van der Waals surface area contributed by atoms with Crippen LogP contribution >= 0.6 is 0 Å². The molecule has 0 bridgehead atoms. The minimum absolute atomic E-state index is 0.0294. The maximum atomic E-state index is 12.8. The average molecular weight is 438 g/mol. The molecule has 0 atom stereocenters. The molecule has 0 spiro atoms. The highest BCUT2D eigenvalue weighted by Crippen LogP contribution is 2.32. The van der Waals surface area contributed by atoms with Crippen molar-refractivity contribution in [1.82, 2.24) is 15.0 Å². The number of aromatic nitrogens is 3. The Balaban J connectivity index is 1.51. The van der Waals surface area contributed by atoms with Gasteiger partial charge in [0.15, 0.2) is 0 Å². The van der Waals surface area contributed by atoms with Gasteiger partial charge in [0.2, 0.25) is 5.95 Å². The van der Waals surface area contributed by atoms with Gasteiger partial charge < -0.3 is 21.5 Å². The van der Waals surface area contributed by atoms with Gasteiger partial charge in [-0.15, -0.1) is 0 Å². The number of hydrogen-bond donors (Lipinski definition) is 3. The van der Waals surface area contributed by atoms with E-state index in [4.69, 9.17) is 16.2 Å². The summed E-state index contributed by atoms with van der Waals surface area (Å²) in [4.78, 5) is 11.7. The SMILES string of the molecule is Nc1nc(Nc2ccc(Oc3ccnc(C(F)(F)F)c3)cc2)cc(-c2ccccc2N)n1. The minimum atomic E-state index is -4.55. The first-order valence-corrected chi connectivity index (χ1v) is 9.35. The van der Waals surface area contributed by atoms with Gasteiger partial charge in [0.05, 0.1) is 5.69 Å². The fraction of sp³-hybridized carbons (Fsp3) is 0.0455. The summed E-state index contributed by atoms with van der Waals surface area (Å²) in [6, 6.07) is 17.8. The first kappa shape index (κ1) is 20.9. The number of nitrogens with one attached hydrogen (secondary N) is 1. The molecule has 2 aromatic heterocycles. The van der Waals surface area contributed by atoms with Crippen LogP contribution in [-0.2, 0) is 6.18 Å². The third kappa shape index (κ3) is 4.86. The number of nitrogens with two attached hydrogens (primary N) is 2. The second-order valence-corrected chi connectivity index (χ2v) is 6.71. The average Bonchev–Trinajstić information content (AvgIpc) is 2.75. The zero-order chi connectivity index (χ0) is 22.7. The Bertz CT molecular complexity index is 1250. The van der Waals surface area contributed by atoms with Crippen LogP contribution in [0.2, 0.25) is 0 Å². The van der Waals surface area contributed by atoms with Crippen molar-refractivity contribution in [3.8, 4) is 22.8 Å². The molecule has 0 radical (unpaired) electrons. The molecule has 2 aromatic carbocycles. The number of alkyl halides is 3. The zero-order valence-electron chi connectivity index (χ0n) is 16.5. The van der Waals surface area contributed by atoms with Crippen LogP contribution in [0.3, 0.4) is 0 Å². The molecule has 2 heterocycles. The van der Waals surface area contributed by atoms with Crippen LogP contribution in [0.25, 0.3) is 11.3 Å². The number of benzene rings is 2. The van der Waals surface area contributed by atoms with Gasteiger partial charge in [0.1, 0.15) is 23.0 Å². The van der Waals surface area contributed by atoms with Gasteiger partial charge in [-0.25, -0.2) is 4.98 Å². The lowest BCUT2D eigenvalue weighted by molar-refractivity contribution is -0.141. The van der Waals surface area contributed by atoms with Gasteiger partial charge in [0, 0.05) is 35.3 Å². The highest BCUT2D eigenvalue weighted by atomic mass is 19.4. The molecule has 162 valence electrons. The van der Waals surface area contributed by atoms with Gasteiger partial charge in [-0.2, -0.15) is 18.2 Å². The molecule has 0 aliphatic carbocycles. The highest BCUT2D eigenvalue weighted by molar-refractivity contribution is 5.76. The molecule has 7 nitrogen and oxygen atoms in total. The number of nitrogen functional groups attached to an aromatic ring is 2.